The fourth-order valence-corrected chi connectivity index (χ4v) is 3.89. The number of carbonyl (C=O) groups is 1. The van der Waals surface area contributed by atoms with Gasteiger partial charge in [0, 0.05) is 12.0 Å². The normalized spacial score (nSPS) is 17.4. The van der Waals surface area contributed by atoms with Crippen molar-refractivity contribution in [1.82, 2.24) is 4.90 Å². The summed E-state index contributed by atoms with van der Waals surface area (Å²) in [5, 5.41) is 9.92. The van der Waals surface area contributed by atoms with Crippen LogP contribution in [0, 0.1) is 5.41 Å². The van der Waals surface area contributed by atoms with Crippen LogP contribution < -0.4 is 0 Å². The number of nitrogens with zero attached hydrogens (tertiary/aromatic N) is 1. The molecule has 1 N–H and O–H groups in total. The van der Waals surface area contributed by atoms with Crippen LogP contribution in [0.5, 0.6) is 5.75 Å². The van der Waals surface area contributed by atoms with Gasteiger partial charge in [-0.05, 0) is 62.5 Å². The molecule has 1 fully saturated rings. The molecule has 3 nitrogen and oxygen atoms in total. The maximum absolute atomic E-state index is 12.4. The topological polar surface area (TPSA) is 40.5 Å². The standard InChI is InChI=1S/C21H24ClNO2/c1-16(24)21(14-17-5-3-2-4-6-17)9-11-23(12-10-21)15-18-7-8-20(25)19(22)13-18/h2-8,13,25H,9-12,14-15H2,1H3. The van der Waals surface area contributed by atoms with Crippen molar-refractivity contribution in [3.8, 4) is 5.75 Å². The van der Waals surface area contributed by atoms with Crippen LogP contribution in [0.1, 0.15) is 30.9 Å². The van der Waals surface area contributed by atoms with Gasteiger partial charge in [0.15, 0.2) is 0 Å². The van der Waals surface area contributed by atoms with Gasteiger partial charge in [-0.2, -0.15) is 0 Å². The minimum Gasteiger partial charge on any atom is -0.506 e. The largest absolute Gasteiger partial charge is 0.506 e. The molecule has 0 atom stereocenters. The Bertz CT molecular complexity index is 737. The summed E-state index contributed by atoms with van der Waals surface area (Å²) in [4.78, 5) is 14.8. The number of halogens is 1. The van der Waals surface area contributed by atoms with Crippen molar-refractivity contribution in [1.29, 1.82) is 0 Å². The number of Topliss-reactive ketones (excluding diaryl/α,β-unsaturated/α-hetero) is 1. The SMILES string of the molecule is CC(=O)C1(Cc2ccccc2)CCN(Cc2ccc(O)c(Cl)c2)CC1. The molecule has 0 spiro atoms. The number of piperidine rings is 1. The molecule has 1 aliphatic heterocycles. The van der Waals surface area contributed by atoms with Gasteiger partial charge in [-0.15, -0.1) is 0 Å². The Morgan fingerprint density at radius 2 is 1.80 bits per heavy atom. The van der Waals surface area contributed by atoms with Crippen LogP contribution in [0.15, 0.2) is 48.5 Å². The van der Waals surface area contributed by atoms with Crippen LogP contribution in [-0.2, 0) is 17.8 Å². The van der Waals surface area contributed by atoms with Crippen molar-refractivity contribution >= 4 is 17.4 Å². The highest BCUT2D eigenvalue weighted by Crippen LogP contribution is 2.37. The Hall–Kier alpha value is -1.84. The van der Waals surface area contributed by atoms with Crippen molar-refractivity contribution in [2.45, 2.75) is 32.7 Å². The third kappa shape index (κ3) is 4.23. The first-order valence-corrected chi connectivity index (χ1v) is 9.11. The zero-order chi connectivity index (χ0) is 17.9. The zero-order valence-electron chi connectivity index (χ0n) is 14.5. The molecule has 0 bridgehead atoms. The predicted molar refractivity (Wildman–Crippen MR) is 101 cm³/mol. The maximum atomic E-state index is 12.4. The molecular formula is C21H24ClNO2. The summed E-state index contributed by atoms with van der Waals surface area (Å²) in [6.45, 7) is 4.31. The zero-order valence-corrected chi connectivity index (χ0v) is 15.3. The number of carbonyl (C=O) groups excluding carboxylic acids is 1. The Labute approximate surface area is 154 Å². The number of hydrogen-bond acceptors (Lipinski definition) is 3. The number of likely N-dealkylation sites (tertiary alicyclic amines) is 1. The predicted octanol–water partition coefficient (Wildman–Crippen LogP) is 4.46. The molecular weight excluding hydrogens is 334 g/mol. The molecule has 0 unspecified atom stereocenters. The summed E-state index contributed by atoms with van der Waals surface area (Å²) in [5.41, 5.74) is 2.07. The molecule has 2 aromatic carbocycles. The molecule has 1 aliphatic rings. The van der Waals surface area contributed by atoms with Crippen molar-refractivity contribution in [3.05, 3.63) is 64.7 Å². The van der Waals surface area contributed by atoms with Crippen LogP contribution in [0.25, 0.3) is 0 Å². The van der Waals surface area contributed by atoms with E-state index >= 15 is 0 Å². The van der Waals surface area contributed by atoms with E-state index in [1.54, 1.807) is 13.0 Å². The molecule has 2 aromatic rings. The number of phenolic OH excluding ortho intramolecular Hbond substituents is 1. The van der Waals surface area contributed by atoms with Gasteiger partial charge in [-0.25, -0.2) is 0 Å². The smallest absolute Gasteiger partial charge is 0.136 e. The van der Waals surface area contributed by atoms with Crippen molar-refractivity contribution in [2.75, 3.05) is 13.1 Å². The van der Waals surface area contributed by atoms with E-state index in [1.165, 1.54) is 5.56 Å². The van der Waals surface area contributed by atoms with E-state index in [2.05, 4.69) is 17.0 Å². The molecule has 1 saturated heterocycles. The second-order valence-corrected chi connectivity index (χ2v) is 7.47. The van der Waals surface area contributed by atoms with E-state index < -0.39 is 0 Å². The number of hydrogen-bond donors (Lipinski definition) is 1. The minimum atomic E-state index is -0.246. The number of phenols is 1. The highest BCUT2D eigenvalue weighted by atomic mass is 35.5. The maximum Gasteiger partial charge on any atom is 0.136 e. The lowest BCUT2D eigenvalue weighted by atomic mass is 9.71. The first-order chi connectivity index (χ1) is 12.0. The van der Waals surface area contributed by atoms with Crippen LogP contribution in [0.3, 0.4) is 0 Å². The molecule has 3 rings (SSSR count). The Morgan fingerprint density at radius 1 is 1.12 bits per heavy atom. The third-order valence-electron chi connectivity index (χ3n) is 5.36. The van der Waals surface area contributed by atoms with Gasteiger partial charge in [-0.1, -0.05) is 48.0 Å². The van der Waals surface area contributed by atoms with Crippen LogP contribution in [-0.4, -0.2) is 28.9 Å². The summed E-state index contributed by atoms with van der Waals surface area (Å²) in [6, 6.07) is 15.6. The monoisotopic (exact) mass is 357 g/mol. The summed E-state index contributed by atoms with van der Waals surface area (Å²) < 4.78 is 0. The van der Waals surface area contributed by atoms with Gasteiger partial charge in [0.2, 0.25) is 0 Å². The minimum absolute atomic E-state index is 0.113. The number of benzene rings is 2. The van der Waals surface area contributed by atoms with E-state index in [0.717, 1.165) is 44.5 Å². The van der Waals surface area contributed by atoms with Gasteiger partial charge in [0.05, 0.1) is 5.02 Å². The van der Waals surface area contributed by atoms with E-state index in [1.807, 2.05) is 30.3 Å². The lowest BCUT2D eigenvalue weighted by Crippen LogP contribution is -2.44. The molecule has 0 radical (unpaired) electrons. The van der Waals surface area contributed by atoms with Gasteiger partial charge in [-0.3, -0.25) is 9.69 Å². The highest BCUT2D eigenvalue weighted by Gasteiger charge is 2.38. The summed E-state index contributed by atoms with van der Waals surface area (Å²) >= 11 is 6.00. The van der Waals surface area contributed by atoms with Gasteiger partial charge >= 0.3 is 0 Å². The van der Waals surface area contributed by atoms with Gasteiger partial charge in [0.1, 0.15) is 11.5 Å². The van der Waals surface area contributed by atoms with Gasteiger partial charge < -0.3 is 5.11 Å². The summed E-state index contributed by atoms with van der Waals surface area (Å²) in [7, 11) is 0. The molecule has 0 amide bonds. The first-order valence-electron chi connectivity index (χ1n) is 8.73. The second kappa shape index (κ2) is 7.59. The summed E-state index contributed by atoms with van der Waals surface area (Å²) in [6.07, 6.45) is 2.58. The van der Waals surface area contributed by atoms with Crippen molar-refractivity contribution in [2.24, 2.45) is 5.41 Å². The first kappa shape index (κ1) is 18.0. The number of aromatic hydroxyl groups is 1. The lowest BCUT2D eigenvalue weighted by Gasteiger charge is -2.40. The Morgan fingerprint density at radius 3 is 2.40 bits per heavy atom. The fraction of sp³-hybridized carbons (Fsp3) is 0.381. The Balaban J connectivity index is 1.65. The quantitative estimate of drug-likeness (QED) is 0.858. The summed E-state index contributed by atoms with van der Waals surface area (Å²) in [5.74, 6) is 0.409. The van der Waals surface area contributed by atoms with Crippen molar-refractivity contribution in [3.63, 3.8) is 0 Å². The van der Waals surface area contributed by atoms with Crippen molar-refractivity contribution < 1.29 is 9.90 Å². The molecule has 132 valence electrons. The fourth-order valence-electron chi connectivity index (χ4n) is 3.69. The Kier molecular flexibility index (Phi) is 5.45. The highest BCUT2D eigenvalue weighted by molar-refractivity contribution is 6.32. The molecule has 4 heteroatoms. The average Bonchev–Trinajstić information content (AvgIpc) is 2.61. The van der Waals surface area contributed by atoms with Crippen LogP contribution in [0.4, 0.5) is 0 Å². The van der Waals surface area contributed by atoms with E-state index in [-0.39, 0.29) is 11.2 Å². The molecule has 0 aliphatic carbocycles. The van der Waals surface area contributed by atoms with Crippen LogP contribution in [0.2, 0.25) is 5.02 Å². The molecule has 0 saturated carbocycles. The van der Waals surface area contributed by atoms with E-state index in [4.69, 9.17) is 11.6 Å². The molecule has 1 heterocycles. The number of rotatable bonds is 5. The third-order valence-corrected chi connectivity index (χ3v) is 5.67. The van der Waals surface area contributed by atoms with E-state index in [0.29, 0.717) is 10.8 Å². The van der Waals surface area contributed by atoms with Crippen LogP contribution >= 0.6 is 11.6 Å². The van der Waals surface area contributed by atoms with Gasteiger partial charge in [0.25, 0.3) is 0 Å². The van der Waals surface area contributed by atoms with E-state index in [9.17, 15) is 9.90 Å². The number of ketones is 1. The lowest BCUT2D eigenvalue weighted by molar-refractivity contribution is -0.129. The molecule has 0 aromatic heterocycles. The molecule has 25 heavy (non-hydrogen) atoms. The second-order valence-electron chi connectivity index (χ2n) is 7.06. The average molecular weight is 358 g/mol.